The molecule has 0 bridgehead atoms. The Kier molecular flexibility index (Phi) is 5.58. The van der Waals surface area contributed by atoms with Crippen molar-refractivity contribution in [1.82, 2.24) is 9.88 Å². The van der Waals surface area contributed by atoms with Gasteiger partial charge in [-0.15, -0.1) is 22.9 Å². The molecule has 0 aliphatic carbocycles. The van der Waals surface area contributed by atoms with Gasteiger partial charge in [0.2, 0.25) is 0 Å². The SMILES string of the molecule is CCCN(Cc1nc(CCl)cs1)C(C)C. The average molecular weight is 247 g/mol. The van der Waals surface area contributed by atoms with Crippen molar-refractivity contribution in [3.05, 3.63) is 16.1 Å². The van der Waals surface area contributed by atoms with E-state index in [4.69, 9.17) is 11.6 Å². The van der Waals surface area contributed by atoms with Crippen LogP contribution < -0.4 is 0 Å². The first-order valence-electron chi connectivity index (χ1n) is 5.40. The van der Waals surface area contributed by atoms with Crippen LogP contribution in [0.5, 0.6) is 0 Å². The molecule has 0 aromatic carbocycles. The van der Waals surface area contributed by atoms with Gasteiger partial charge in [0, 0.05) is 11.4 Å². The summed E-state index contributed by atoms with van der Waals surface area (Å²) in [6.07, 6.45) is 1.19. The molecule has 1 aromatic heterocycles. The van der Waals surface area contributed by atoms with E-state index in [1.165, 1.54) is 11.4 Å². The Labute approximate surface area is 101 Å². The molecule has 0 aliphatic heterocycles. The highest BCUT2D eigenvalue weighted by molar-refractivity contribution is 7.09. The third-order valence-electron chi connectivity index (χ3n) is 2.32. The predicted octanol–water partition coefficient (Wildman–Crippen LogP) is 3.50. The van der Waals surface area contributed by atoms with E-state index < -0.39 is 0 Å². The number of rotatable bonds is 6. The van der Waals surface area contributed by atoms with Crippen molar-refractivity contribution >= 4 is 22.9 Å². The molecule has 0 aliphatic rings. The standard InChI is InChI=1S/C11H19ClN2S/c1-4-5-14(9(2)3)7-11-13-10(6-12)8-15-11/h8-9H,4-7H2,1-3H3. The first-order chi connectivity index (χ1) is 7.17. The first-order valence-corrected chi connectivity index (χ1v) is 6.82. The molecule has 86 valence electrons. The van der Waals surface area contributed by atoms with Crippen LogP contribution in [0.4, 0.5) is 0 Å². The number of aromatic nitrogens is 1. The summed E-state index contributed by atoms with van der Waals surface area (Å²) in [6, 6.07) is 0.577. The molecule has 0 saturated heterocycles. The number of hydrogen-bond donors (Lipinski definition) is 0. The van der Waals surface area contributed by atoms with Gasteiger partial charge in [-0.1, -0.05) is 6.92 Å². The Hall–Kier alpha value is -0.120. The molecule has 0 radical (unpaired) electrons. The van der Waals surface area contributed by atoms with Gasteiger partial charge in [-0.25, -0.2) is 4.98 Å². The van der Waals surface area contributed by atoms with Crippen LogP contribution in [0.2, 0.25) is 0 Å². The first kappa shape index (κ1) is 12.9. The Morgan fingerprint density at radius 3 is 2.73 bits per heavy atom. The second kappa shape index (κ2) is 6.46. The van der Waals surface area contributed by atoms with Crippen molar-refractivity contribution < 1.29 is 0 Å². The fraction of sp³-hybridized carbons (Fsp3) is 0.727. The smallest absolute Gasteiger partial charge is 0.107 e. The summed E-state index contributed by atoms with van der Waals surface area (Å²) < 4.78 is 0. The van der Waals surface area contributed by atoms with Crippen molar-refractivity contribution in [3.8, 4) is 0 Å². The van der Waals surface area contributed by atoms with Gasteiger partial charge in [0.1, 0.15) is 5.01 Å². The lowest BCUT2D eigenvalue weighted by Crippen LogP contribution is -2.30. The highest BCUT2D eigenvalue weighted by Crippen LogP contribution is 2.15. The summed E-state index contributed by atoms with van der Waals surface area (Å²) in [6.45, 7) is 8.75. The third-order valence-corrected chi connectivity index (χ3v) is 3.47. The molecule has 0 N–H and O–H groups in total. The van der Waals surface area contributed by atoms with Crippen LogP contribution >= 0.6 is 22.9 Å². The Morgan fingerprint density at radius 1 is 1.53 bits per heavy atom. The summed E-state index contributed by atoms with van der Waals surface area (Å²) in [5, 5.41) is 3.22. The van der Waals surface area contributed by atoms with E-state index in [-0.39, 0.29) is 0 Å². The largest absolute Gasteiger partial charge is 0.294 e. The molecular formula is C11H19ClN2S. The molecule has 15 heavy (non-hydrogen) atoms. The number of alkyl halides is 1. The van der Waals surface area contributed by atoms with E-state index in [0.29, 0.717) is 11.9 Å². The molecule has 0 amide bonds. The van der Waals surface area contributed by atoms with Crippen LogP contribution in [0.15, 0.2) is 5.38 Å². The van der Waals surface area contributed by atoms with Crippen LogP contribution in [-0.4, -0.2) is 22.5 Å². The number of nitrogens with zero attached hydrogens (tertiary/aromatic N) is 2. The van der Waals surface area contributed by atoms with Crippen LogP contribution in [0.25, 0.3) is 0 Å². The minimum absolute atomic E-state index is 0.520. The van der Waals surface area contributed by atoms with Gasteiger partial charge in [0.25, 0.3) is 0 Å². The lowest BCUT2D eigenvalue weighted by atomic mass is 10.3. The second-order valence-electron chi connectivity index (χ2n) is 3.93. The van der Waals surface area contributed by atoms with Crippen molar-refractivity contribution in [1.29, 1.82) is 0 Å². The zero-order valence-electron chi connectivity index (χ0n) is 9.66. The van der Waals surface area contributed by atoms with E-state index >= 15 is 0 Å². The summed E-state index contributed by atoms with van der Waals surface area (Å²) >= 11 is 7.44. The number of thiazole rings is 1. The van der Waals surface area contributed by atoms with Gasteiger partial charge < -0.3 is 0 Å². The van der Waals surface area contributed by atoms with Crippen LogP contribution in [0.1, 0.15) is 37.9 Å². The molecule has 4 heteroatoms. The van der Waals surface area contributed by atoms with Crippen molar-refractivity contribution in [2.24, 2.45) is 0 Å². The Balaban J connectivity index is 2.57. The maximum atomic E-state index is 5.73. The molecule has 0 fully saturated rings. The minimum atomic E-state index is 0.520. The normalized spacial score (nSPS) is 11.6. The molecule has 1 rings (SSSR count). The highest BCUT2D eigenvalue weighted by atomic mass is 35.5. The summed E-state index contributed by atoms with van der Waals surface area (Å²) in [5.41, 5.74) is 0.997. The van der Waals surface area contributed by atoms with E-state index in [9.17, 15) is 0 Å². The summed E-state index contributed by atoms with van der Waals surface area (Å²) in [5.74, 6) is 0.520. The molecule has 1 aromatic rings. The van der Waals surface area contributed by atoms with Gasteiger partial charge in [0.05, 0.1) is 18.1 Å². The molecule has 0 saturated carbocycles. The highest BCUT2D eigenvalue weighted by Gasteiger charge is 2.11. The van der Waals surface area contributed by atoms with E-state index in [0.717, 1.165) is 18.8 Å². The third kappa shape index (κ3) is 4.09. The van der Waals surface area contributed by atoms with Crippen LogP contribution in [0, 0.1) is 0 Å². The topological polar surface area (TPSA) is 16.1 Å². The van der Waals surface area contributed by atoms with Crippen LogP contribution in [-0.2, 0) is 12.4 Å². The predicted molar refractivity (Wildman–Crippen MR) is 67.5 cm³/mol. The van der Waals surface area contributed by atoms with Crippen molar-refractivity contribution in [2.75, 3.05) is 6.54 Å². The maximum Gasteiger partial charge on any atom is 0.107 e. The van der Waals surface area contributed by atoms with Crippen LogP contribution in [0.3, 0.4) is 0 Å². The van der Waals surface area contributed by atoms with Gasteiger partial charge in [-0.2, -0.15) is 0 Å². The fourth-order valence-electron chi connectivity index (χ4n) is 1.46. The van der Waals surface area contributed by atoms with E-state index in [2.05, 4.69) is 30.7 Å². The monoisotopic (exact) mass is 246 g/mol. The van der Waals surface area contributed by atoms with Gasteiger partial charge >= 0.3 is 0 Å². The molecule has 0 atom stereocenters. The minimum Gasteiger partial charge on any atom is -0.294 e. The molecule has 1 heterocycles. The van der Waals surface area contributed by atoms with E-state index in [1.807, 2.05) is 5.38 Å². The average Bonchev–Trinajstić information content (AvgIpc) is 2.65. The quantitative estimate of drug-likeness (QED) is 0.715. The van der Waals surface area contributed by atoms with Crippen molar-refractivity contribution in [3.63, 3.8) is 0 Å². The number of halogens is 1. The Morgan fingerprint density at radius 2 is 2.27 bits per heavy atom. The molecular weight excluding hydrogens is 228 g/mol. The van der Waals surface area contributed by atoms with E-state index in [1.54, 1.807) is 11.3 Å². The van der Waals surface area contributed by atoms with Gasteiger partial charge in [-0.3, -0.25) is 4.90 Å². The molecule has 2 nitrogen and oxygen atoms in total. The fourth-order valence-corrected chi connectivity index (χ4v) is 2.51. The zero-order chi connectivity index (χ0) is 11.3. The summed E-state index contributed by atoms with van der Waals surface area (Å²) in [7, 11) is 0. The second-order valence-corrected chi connectivity index (χ2v) is 5.14. The number of hydrogen-bond acceptors (Lipinski definition) is 3. The lowest BCUT2D eigenvalue weighted by Gasteiger charge is -2.24. The summed E-state index contributed by atoms with van der Waals surface area (Å²) in [4.78, 5) is 6.92. The molecule has 0 spiro atoms. The van der Waals surface area contributed by atoms with Gasteiger partial charge in [-0.05, 0) is 26.8 Å². The Bertz CT molecular complexity index is 286. The molecule has 0 unspecified atom stereocenters. The lowest BCUT2D eigenvalue weighted by molar-refractivity contribution is 0.213. The maximum absolute atomic E-state index is 5.73. The van der Waals surface area contributed by atoms with Gasteiger partial charge in [0.15, 0.2) is 0 Å². The zero-order valence-corrected chi connectivity index (χ0v) is 11.2. The van der Waals surface area contributed by atoms with Crippen molar-refractivity contribution in [2.45, 2.75) is 45.7 Å².